The largest absolute Gasteiger partial charge is 0.345 e. The van der Waals surface area contributed by atoms with Crippen LogP contribution in [0.3, 0.4) is 0 Å². The number of hydrogen-bond donors (Lipinski definition) is 1. The molecule has 2 fully saturated rings. The third-order valence-electron chi connectivity index (χ3n) is 3.56. The van der Waals surface area contributed by atoms with Crippen LogP contribution in [0.1, 0.15) is 19.8 Å². The molecule has 7 heteroatoms. The van der Waals surface area contributed by atoms with E-state index in [9.17, 15) is 19.2 Å². The quantitative estimate of drug-likeness (QED) is 0.632. The summed E-state index contributed by atoms with van der Waals surface area (Å²) in [7, 11) is 1.59. The molecule has 2 aliphatic heterocycles. The molecule has 0 radical (unpaired) electrons. The number of carbonyl (C=O) groups excluding carboxylic acids is 4. The SMILES string of the molecule is CCC(=O)C(=O)N[C@@H]1C[C@H]2C(=O)N(C)CC(=O)N2C1. The van der Waals surface area contributed by atoms with Gasteiger partial charge in [0.2, 0.25) is 17.6 Å². The van der Waals surface area contributed by atoms with E-state index < -0.39 is 17.7 Å². The Balaban J connectivity index is 2.02. The van der Waals surface area contributed by atoms with E-state index in [-0.39, 0.29) is 30.8 Å². The van der Waals surface area contributed by atoms with Gasteiger partial charge >= 0.3 is 0 Å². The minimum atomic E-state index is -0.638. The summed E-state index contributed by atoms with van der Waals surface area (Å²) < 4.78 is 0. The minimum absolute atomic E-state index is 0.0733. The van der Waals surface area contributed by atoms with E-state index in [2.05, 4.69) is 5.32 Å². The van der Waals surface area contributed by atoms with Crippen LogP contribution in [0.15, 0.2) is 0 Å². The van der Waals surface area contributed by atoms with Crippen molar-refractivity contribution in [1.82, 2.24) is 15.1 Å². The first-order valence-corrected chi connectivity index (χ1v) is 6.32. The van der Waals surface area contributed by atoms with Gasteiger partial charge < -0.3 is 15.1 Å². The van der Waals surface area contributed by atoms with Gasteiger partial charge in [-0.05, 0) is 6.42 Å². The van der Waals surface area contributed by atoms with Gasteiger partial charge in [-0.2, -0.15) is 0 Å². The normalized spacial score (nSPS) is 26.4. The number of nitrogens with one attached hydrogen (secondary N) is 1. The third kappa shape index (κ3) is 2.45. The van der Waals surface area contributed by atoms with Crippen LogP contribution in [0.25, 0.3) is 0 Å². The van der Waals surface area contributed by atoms with Gasteiger partial charge in [0.15, 0.2) is 0 Å². The lowest BCUT2D eigenvalue weighted by atomic mass is 10.1. The van der Waals surface area contributed by atoms with Crippen LogP contribution in [-0.4, -0.2) is 65.5 Å². The zero-order chi connectivity index (χ0) is 14.2. The molecule has 0 spiro atoms. The number of carbonyl (C=O) groups is 4. The van der Waals surface area contributed by atoms with Gasteiger partial charge in [0.25, 0.3) is 5.91 Å². The number of nitrogens with zero attached hydrogens (tertiary/aromatic N) is 2. The van der Waals surface area contributed by atoms with E-state index in [1.807, 2.05) is 0 Å². The van der Waals surface area contributed by atoms with E-state index in [1.54, 1.807) is 14.0 Å². The van der Waals surface area contributed by atoms with Gasteiger partial charge in [0.1, 0.15) is 6.04 Å². The van der Waals surface area contributed by atoms with Crippen LogP contribution >= 0.6 is 0 Å². The van der Waals surface area contributed by atoms with Crippen LogP contribution in [0.2, 0.25) is 0 Å². The maximum atomic E-state index is 11.9. The van der Waals surface area contributed by atoms with Gasteiger partial charge in [-0.25, -0.2) is 0 Å². The van der Waals surface area contributed by atoms with E-state index in [4.69, 9.17) is 0 Å². The summed E-state index contributed by atoms with van der Waals surface area (Å²) in [6.07, 6.45) is 0.518. The molecule has 7 nitrogen and oxygen atoms in total. The van der Waals surface area contributed by atoms with Crippen molar-refractivity contribution in [3.63, 3.8) is 0 Å². The Labute approximate surface area is 110 Å². The lowest BCUT2D eigenvalue weighted by Crippen LogP contribution is -2.55. The molecule has 0 aromatic rings. The molecule has 2 saturated heterocycles. The van der Waals surface area contributed by atoms with E-state index in [0.717, 1.165) is 0 Å². The Morgan fingerprint density at radius 3 is 2.68 bits per heavy atom. The number of piperazine rings is 1. The predicted octanol–water partition coefficient (Wildman–Crippen LogP) is -1.48. The Bertz CT molecular complexity index is 448. The van der Waals surface area contributed by atoms with E-state index in [1.165, 1.54) is 9.80 Å². The molecule has 19 heavy (non-hydrogen) atoms. The van der Waals surface area contributed by atoms with Crippen LogP contribution < -0.4 is 5.32 Å². The van der Waals surface area contributed by atoms with Crippen LogP contribution in [0.5, 0.6) is 0 Å². The molecule has 1 N–H and O–H groups in total. The highest BCUT2D eigenvalue weighted by molar-refractivity contribution is 6.36. The highest BCUT2D eigenvalue weighted by Gasteiger charge is 2.45. The maximum absolute atomic E-state index is 11.9. The maximum Gasteiger partial charge on any atom is 0.287 e. The molecule has 2 aliphatic rings. The van der Waals surface area contributed by atoms with Crippen molar-refractivity contribution < 1.29 is 19.2 Å². The second-order valence-corrected chi connectivity index (χ2v) is 4.94. The summed E-state index contributed by atoms with van der Waals surface area (Å²) in [6.45, 7) is 1.98. The highest BCUT2D eigenvalue weighted by atomic mass is 16.2. The average Bonchev–Trinajstić information content (AvgIpc) is 2.79. The first kappa shape index (κ1) is 13.5. The Morgan fingerprint density at radius 1 is 1.37 bits per heavy atom. The first-order valence-electron chi connectivity index (χ1n) is 6.32. The highest BCUT2D eigenvalue weighted by Crippen LogP contribution is 2.23. The molecular weight excluding hydrogens is 250 g/mol. The third-order valence-corrected chi connectivity index (χ3v) is 3.56. The Morgan fingerprint density at radius 2 is 2.05 bits per heavy atom. The topological polar surface area (TPSA) is 86.8 Å². The van der Waals surface area contributed by atoms with Gasteiger partial charge in [0, 0.05) is 26.1 Å². The predicted molar refractivity (Wildman–Crippen MR) is 65.0 cm³/mol. The monoisotopic (exact) mass is 267 g/mol. The summed E-state index contributed by atoms with van der Waals surface area (Å²) >= 11 is 0. The fourth-order valence-electron chi connectivity index (χ4n) is 2.50. The summed E-state index contributed by atoms with van der Waals surface area (Å²) in [5.74, 6) is -1.36. The molecule has 0 aromatic heterocycles. The van der Waals surface area contributed by atoms with Crippen molar-refractivity contribution in [2.75, 3.05) is 20.1 Å². The summed E-state index contributed by atoms with van der Waals surface area (Å²) in [5.41, 5.74) is 0. The number of hydrogen-bond acceptors (Lipinski definition) is 4. The van der Waals surface area contributed by atoms with Crippen molar-refractivity contribution in [1.29, 1.82) is 0 Å². The van der Waals surface area contributed by atoms with Gasteiger partial charge in [-0.3, -0.25) is 19.2 Å². The summed E-state index contributed by atoms with van der Waals surface area (Å²) in [5, 5.41) is 2.59. The molecule has 0 unspecified atom stereocenters. The molecular formula is C12H17N3O4. The van der Waals surface area contributed by atoms with Crippen LogP contribution in [-0.2, 0) is 19.2 Å². The Hall–Kier alpha value is -1.92. The van der Waals surface area contributed by atoms with Crippen molar-refractivity contribution in [3.05, 3.63) is 0 Å². The molecule has 0 aliphatic carbocycles. The average molecular weight is 267 g/mol. The van der Waals surface area contributed by atoms with Crippen molar-refractivity contribution in [3.8, 4) is 0 Å². The zero-order valence-corrected chi connectivity index (χ0v) is 11.0. The second kappa shape index (κ2) is 4.99. The van der Waals surface area contributed by atoms with Crippen LogP contribution in [0, 0.1) is 0 Å². The van der Waals surface area contributed by atoms with Gasteiger partial charge in [-0.15, -0.1) is 0 Å². The van der Waals surface area contributed by atoms with Crippen molar-refractivity contribution in [2.45, 2.75) is 31.8 Å². The second-order valence-electron chi connectivity index (χ2n) is 4.94. The van der Waals surface area contributed by atoms with Gasteiger partial charge in [0.05, 0.1) is 6.54 Å². The lowest BCUT2D eigenvalue weighted by Gasteiger charge is -2.33. The molecule has 2 rings (SSSR count). The number of Topliss-reactive ketones (excluding diaryl/α,β-unsaturated/α-hetero) is 1. The first-order chi connectivity index (χ1) is 8.93. The molecule has 3 amide bonds. The smallest absolute Gasteiger partial charge is 0.287 e. The van der Waals surface area contributed by atoms with Crippen molar-refractivity contribution in [2.24, 2.45) is 0 Å². The Kier molecular flexibility index (Phi) is 3.55. The standard InChI is InChI=1S/C12H17N3O4/c1-3-9(16)11(18)13-7-4-8-12(19)14(2)6-10(17)15(8)5-7/h7-8H,3-6H2,1-2H3,(H,13,18)/t7-,8+/m1/s1. The summed E-state index contributed by atoms with van der Waals surface area (Å²) in [4.78, 5) is 49.3. The number of amides is 3. The molecule has 2 heterocycles. The molecule has 0 aromatic carbocycles. The number of likely N-dealkylation sites (N-methyl/N-ethyl adjacent to an activating group) is 1. The summed E-state index contributed by atoms with van der Waals surface area (Å²) in [6, 6.07) is -0.833. The number of ketones is 1. The molecule has 2 atom stereocenters. The molecule has 0 saturated carbocycles. The number of fused-ring (bicyclic) bond motifs is 1. The fourth-order valence-corrected chi connectivity index (χ4v) is 2.50. The minimum Gasteiger partial charge on any atom is -0.345 e. The van der Waals surface area contributed by atoms with E-state index in [0.29, 0.717) is 13.0 Å². The van der Waals surface area contributed by atoms with E-state index >= 15 is 0 Å². The lowest BCUT2D eigenvalue weighted by molar-refractivity contribution is -0.152. The zero-order valence-electron chi connectivity index (χ0n) is 11.0. The molecule has 104 valence electrons. The van der Waals surface area contributed by atoms with Crippen LogP contribution in [0.4, 0.5) is 0 Å². The fraction of sp³-hybridized carbons (Fsp3) is 0.667. The number of rotatable bonds is 3. The van der Waals surface area contributed by atoms with Gasteiger partial charge in [-0.1, -0.05) is 6.92 Å². The molecule has 0 bridgehead atoms. The van der Waals surface area contributed by atoms with Crippen molar-refractivity contribution >= 4 is 23.5 Å².